The SMILES string of the molecule is COc1cc(-c2c(C)n[nH]c2C)cnc1NC(=O)c1c(-c2ccccc2)noc1C. The predicted molar refractivity (Wildman–Crippen MR) is 112 cm³/mol. The van der Waals surface area contributed by atoms with Crippen molar-refractivity contribution in [1.29, 1.82) is 0 Å². The molecule has 0 radical (unpaired) electrons. The highest BCUT2D eigenvalue weighted by Gasteiger charge is 2.23. The molecule has 0 fully saturated rings. The fraction of sp³-hybridized carbons (Fsp3) is 0.182. The van der Waals surface area contributed by atoms with Crippen molar-refractivity contribution in [3.63, 3.8) is 0 Å². The van der Waals surface area contributed by atoms with E-state index in [1.54, 1.807) is 13.1 Å². The Bertz CT molecular complexity index is 1190. The Hall–Kier alpha value is -3.94. The summed E-state index contributed by atoms with van der Waals surface area (Å²) < 4.78 is 10.8. The maximum Gasteiger partial charge on any atom is 0.262 e. The van der Waals surface area contributed by atoms with Gasteiger partial charge in [-0.2, -0.15) is 5.10 Å². The van der Waals surface area contributed by atoms with E-state index in [4.69, 9.17) is 9.26 Å². The van der Waals surface area contributed by atoms with E-state index < -0.39 is 0 Å². The highest BCUT2D eigenvalue weighted by molar-refractivity contribution is 6.09. The predicted octanol–water partition coefficient (Wildman–Crippen LogP) is 4.31. The van der Waals surface area contributed by atoms with Gasteiger partial charge in [0.2, 0.25) is 0 Å². The van der Waals surface area contributed by atoms with E-state index in [0.29, 0.717) is 28.6 Å². The lowest BCUT2D eigenvalue weighted by Crippen LogP contribution is -2.15. The number of anilines is 1. The van der Waals surface area contributed by atoms with Gasteiger partial charge in [-0.25, -0.2) is 4.98 Å². The molecule has 4 rings (SSSR count). The van der Waals surface area contributed by atoms with Crippen molar-refractivity contribution in [3.8, 4) is 28.1 Å². The summed E-state index contributed by atoms with van der Waals surface area (Å²) >= 11 is 0. The Kier molecular flexibility index (Phi) is 5.05. The molecule has 152 valence electrons. The lowest BCUT2D eigenvalue weighted by atomic mass is 10.1. The number of nitrogens with one attached hydrogen (secondary N) is 2. The zero-order chi connectivity index (χ0) is 21.3. The average molecular weight is 403 g/mol. The molecule has 0 aliphatic rings. The number of hydrogen-bond donors (Lipinski definition) is 2. The van der Waals surface area contributed by atoms with Crippen molar-refractivity contribution < 1.29 is 14.1 Å². The van der Waals surface area contributed by atoms with Crippen LogP contribution >= 0.6 is 0 Å². The van der Waals surface area contributed by atoms with Gasteiger partial charge in [0, 0.05) is 28.6 Å². The van der Waals surface area contributed by atoms with E-state index in [1.807, 2.05) is 50.2 Å². The summed E-state index contributed by atoms with van der Waals surface area (Å²) in [5.74, 6) is 0.800. The molecule has 0 bridgehead atoms. The first kappa shape index (κ1) is 19.4. The second kappa shape index (κ2) is 7.82. The van der Waals surface area contributed by atoms with E-state index in [9.17, 15) is 4.79 Å². The van der Waals surface area contributed by atoms with Crippen LogP contribution in [0.15, 0.2) is 47.1 Å². The van der Waals surface area contributed by atoms with Gasteiger partial charge in [-0.3, -0.25) is 9.89 Å². The Morgan fingerprint density at radius 1 is 1.13 bits per heavy atom. The number of aromatic amines is 1. The zero-order valence-electron chi connectivity index (χ0n) is 17.1. The van der Waals surface area contributed by atoms with Crippen LogP contribution in [0.2, 0.25) is 0 Å². The summed E-state index contributed by atoms with van der Waals surface area (Å²) in [6.45, 7) is 5.56. The number of rotatable bonds is 5. The topological polar surface area (TPSA) is 106 Å². The molecule has 0 saturated carbocycles. The third-order valence-electron chi connectivity index (χ3n) is 4.86. The molecule has 0 unspecified atom stereocenters. The van der Waals surface area contributed by atoms with Crippen LogP contribution in [0.5, 0.6) is 5.75 Å². The number of methoxy groups -OCH3 is 1. The van der Waals surface area contributed by atoms with Crippen molar-refractivity contribution >= 4 is 11.7 Å². The summed E-state index contributed by atoms with van der Waals surface area (Å²) in [6.07, 6.45) is 1.68. The van der Waals surface area contributed by atoms with Gasteiger partial charge in [0.05, 0.1) is 12.8 Å². The molecule has 0 atom stereocenters. The van der Waals surface area contributed by atoms with E-state index >= 15 is 0 Å². The maximum absolute atomic E-state index is 13.1. The van der Waals surface area contributed by atoms with Crippen LogP contribution < -0.4 is 10.1 Å². The van der Waals surface area contributed by atoms with Crippen LogP contribution in [0.1, 0.15) is 27.5 Å². The van der Waals surface area contributed by atoms with Gasteiger partial charge in [-0.1, -0.05) is 35.5 Å². The van der Waals surface area contributed by atoms with Crippen molar-refractivity contribution in [3.05, 3.63) is 65.3 Å². The van der Waals surface area contributed by atoms with E-state index in [0.717, 1.165) is 28.1 Å². The number of aromatic nitrogens is 4. The first-order valence-corrected chi connectivity index (χ1v) is 9.38. The van der Waals surface area contributed by atoms with Crippen LogP contribution in [0.3, 0.4) is 0 Å². The molecule has 2 N–H and O–H groups in total. The van der Waals surface area contributed by atoms with Crippen LogP contribution in [0, 0.1) is 20.8 Å². The number of H-pyrrole nitrogens is 1. The molecular formula is C22H21N5O3. The maximum atomic E-state index is 13.1. The molecule has 3 aromatic heterocycles. The van der Waals surface area contributed by atoms with Crippen LogP contribution in [0.4, 0.5) is 5.82 Å². The lowest BCUT2D eigenvalue weighted by molar-refractivity contribution is 0.102. The number of carbonyl (C=O) groups is 1. The van der Waals surface area contributed by atoms with E-state index in [2.05, 4.69) is 25.7 Å². The fourth-order valence-corrected chi connectivity index (χ4v) is 3.41. The quantitative estimate of drug-likeness (QED) is 0.514. The van der Waals surface area contributed by atoms with Crippen LogP contribution in [-0.2, 0) is 0 Å². The van der Waals surface area contributed by atoms with Gasteiger partial charge in [0.1, 0.15) is 17.0 Å². The second-order valence-electron chi connectivity index (χ2n) is 6.87. The minimum atomic E-state index is -0.373. The van der Waals surface area contributed by atoms with Crippen LogP contribution in [-0.4, -0.2) is 33.4 Å². The second-order valence-corrected chi connectivity index (χ2v) is 6.87. The van der Waals surface area contributed by atoms with Crippen molar-refractivity contribution in [2.24, 2.45) is 0 Å². The lowest BCUT2D eigenvalue weighted by Gasteiger charge is -2.11. The van der Waals surface area contributed by atoms with Crippen LogP contribution in [0.25, 0.3) is 22.4 Å². The molecule has 8 heteroatoms. The minimum absolute atomic E-state index is 0.310. The normalized spacial score (nSPS) is 10.8. The summed E-state index contributed by atoms with van der Waals surface area (Å²) in [7, 11) is 1.53. The summed E-state index contributed by atoms with van der Waals surface area (Å²) in [6, 6.07) is 11.2. The molecule has 1 amide bonds. The Labute approximate surface area is 173 Å². The first-order chi connectivity index (χ1) is 14.5. The first-order valence-electron chi connectivity index (χ1n) is 9.38. The monoisotopic (exact) mass is 403 g/mol. The third kappa shape index (κ3) is 3.43. The number of hydrogen-bond acceptors (Lipinski definition) is 6. The standard InChI is InChI=1S/C22H21N5O3/c1-12-18(13(2)26-25-12)16-10-17(29-4)21(23-11-16)24-22(28)19-14(3)30-27-20(19)15-8-6-5-7-9-15/h5-11H,1-4H3,(H,25,26)(H,23,24,28). The molecule has 0 saturated heterocycles. The molecule has 1 aromatic carbocycles. The molecule has 3 heterocycles. The van der Waals surface area contributed by atoms with Crippen molar-refractivity contribution in [1.82, 2.24) is 20.3 Å². The Balaban J connectivity index is 1.67. The molecule has 4 aromatic rings. The summed E-state index contributed by atoms with van der Waals surface area (Å²) in [5.41, 5.74) is 5.23. The van der Waals surface area contributed by atoms with Gasteiger partial charge in [-0.15, -0.1) is 0 Å². The summed E-state index contributed by atoms with van der Waals surface area (Å²) in [4.78, 5) is 17.5. The number of nitrogens with zero attached hydrogens (tertiary/aromatic N) is 3. The molecule has 0 spiro atoms. The Morgan fingerprint density at radius 3 is 2.57 bits per heavy atom. The van der Waals surface area contributed by atoms with Gasteiger partial charge in [-0.05, 0) is 26.8 Å². The highest BCUT2D eigenvalue weighted by Crippen LogP contribution is 2.32. The number of pyridine rings is 1. The number of aryl methyl sites for hydroxylation is 3. The van der Waals surface area contributed by atoms with E-state index in [1.165, 1.54) is 7.11 Å². The fourth-order valence-electron chi connectivity index (χ4n) is 3.41. The summed E-state index contributed by atoms with van der Waals surface area (Å²) in [5, 5.41) is 14.1. The molecule has 8 nitrogen and oxygen atoms in total. The smallest absolute Gasteiger partial charge is 0.262 e. The molecule has 0 aliphatic carbocycles. The van der Waals surface area contributed by atoms with Gasteiger partial charge >= 0.3 is 0 Å². The Morgan fingerprint density at radius 2 is 1.90 bits per heavy atom. The minimum Gasteiger partial charge on any atom is -0.493 e. The van der Waals surface area contributed by atoms with E-state index in [-0.39, 0.29) is 5.91 Å². The molecule has 0 aliphatic heterocycles. The van der Waals surface area contributed by atoms with Gasteiger partial charge < -0.3 is 14.6 Å². The zero-order valence-corrected chi connectivity index (χ0v) is 17.1. The number of benzene rings is 1. The van der Waals surface area contributed by atoms with Crippen molar-refractivity contribution in [2.75, 3.05) is 12.4 Å². The highest BCUT2D eigenvalue weighted by atomic mass is 16.5. The van der Waals surface area contributed by atoms with Crippen molar-refractivity contribution in [2.45, 2.75) is 20.8 Å². The average Bonchev–Trinajstić information content (AvgIpc) is 3.30. The molecular weight excluding hydrogens is 382 g/mol. The van der Waals surface area contributed by atoms with Gasteiger partial charge in [0.25, 0.3) is 5.91 Å². The molecule has 30 heavy (non-hydrogen) atoms. The largest absolute Gasteiger partial charge is 0.493 e. The number of ether oxygens (including phenoxy) is 1. The third-order valence-corrected chi connectivity index (χ3v) is 4.86. The van der Waals surface area contributed by atoms with Gasteiger partial charge in [0.15, 0.2) is 11.6 Å². The number of amides is 1. The number of carbonyl (C=O) groups excluding carboxylic acids is 1.